The second-order valence-corrected chi connectivity index (χ2v) is 7.86. The van der Waals surface area contributed by atoms with Crippen LogP contribution in [0.1, 0.15) is 23.6 Å². The van der Waals surface area contributed by atoms with E-state index in [0.717, 1.165) is 41.1 Å². The highest BCUT2D eigenvalue weighted by atomic mass is 19.1. The minimum Gasteiger partial charge on any atom is -0.497 e. The molecule has 0 fully saturated rings. The van der Waals surface area contributed by atoms with Crippen LogP contribution in [0.25, 0.3) is 5.57 Å². The van der Waals surface area contributed by atoms with Crippen molar-refractivity contribution in [2.45, 2.75) is 19.9 Å². The first-order chi connectivity index (χ1) is 15.9. The van der Waals surface area contributed by atoms with Gasteiger partial charge in [0.25, 0.3) is 0 Å². The maximum Gasteiger partial charge on any atom is 0.147 e. The van der Waals surface area contributed by atoms with Crippen LogP contribution >= 0.6 is 0 Å². The Labute approximate surface area is 193 Å². The molecule has 0 saturated carbocycles. The number of fused-ring (bicyclic) bond motifs is 1. The van der Waals surface area contributed by atoms with Crippen LogP contribution in [0.3, 0.4) is 0 Å². The molecule has 3 aromatic rings. The van der Waals surface area contributed by atoms with Crippen molar-refractivity contribution in [2.24, 2.45) is 0 Å². The summed E-state index contributed by atoms with van der Waals surface area (Å²) in [5.74, 6) is -0.304. The number of nitrogens with one attached hydrogen (secondary N) is 1. The number of para-hydroxylation sites is 1. The van der Waals surface area contributed by atoms with Crippen LogP contribution in [-0.4, -0.2) is 7.11 Å². The summed E-state index contributed by atoms with van der Waals surface area (Å²) in [5, 5.41) is 3.34. The van der Waals surface area contributed by atoms with Crippen molar-refractivity contribution in [1.29, 1.82) is 0 Å². The summed E-state index contributed by atoms with van der Waals surface area (Å²) in [6, 6.07) is 17.7. The molecule has 4 rings (SSSR count). The van der Waals surface area contributed by atoms with Gasteiger partial charge in [0.05, 0.1) is 12.8 Å². The van der Waals surface area contributed by atoms with E-state index >= 15 is 0 Å². The fraction of sp³-hybridized carbons (Fsp3) is 0.143. The summed E-state index contributed by atoms with van der Waals surface area (Å²) < 4.78 is 35.1. The Balaban J connectivity index is 1.74. The van der Waals surface area contributed by atoms with Crippen LogP contribution in [0.4, 0.5) is 20.2 Å². The Morgan fingerprint density at radius 3 is 2.39 bits per heavy atom. The molecular formula is C28H26F2N2O. The summed E-state index contributed by atoms with van der Waals surface area (Å²) in [6.45, 7) is 10.7. The monoisotopic (exact) mass is 444 g/mol. The third-order valence-electron chi connectivity index (χ3n) is 5.80. The van der Waals surface area contributed by atoms with Crippen molar-refractivity contribution in [1.82, 2.24) is 0 Å². The van der Waals surface area contributed by atoms with Gasteiger partial charge in [-0.3, -0.25) is 0 Å². The summed E-state index contributed by atoms with van der Waals surface area (Å²) >= 11 is 0. The zero-order valence-corrected chi connectivity index (χ0v) is 18.8. The van der Waals surface area contributed by atoms with Crippen molar-refractivity contribution in [3.63, 3.8) is 0 Å². The average Bonchev–Trinajstić information content (AvgIpc) is 2.83. The minimum absolute atomic E-state index is 0.146. The highest BCUT2D eigenvalue weighted by Gasteiger charge is 2.28. The Morgan fingerprint density at radius 2 is 1.70 bits per heavy atom. The van der Waals surface area contributed by atoms with Gasteiger partial charge in [0.2, 0.25) is 0 Å². The molecule has 0 aromatic heterocycles. The zero-order chi connectivity index (χ0) is 23.5. The normalized spacial score (nSPS) is 12.8. The number of nitrogens with zero attached hydrogens (tertiary/aromatic N) is 1. The van der Waals surface area contributed by atoms with Crippen LogP contribution in [0.5, 0.6) is 5.75 Å². The van der Waals surface area contributed by atoms with E-state index in [-0.39, 0.29) is 11.3 Å². The summed E-state index contributed by atoms with van der Waals surface area (Å²) in [6.07, 6.45) is 2.63. The molecule has 1 aliphatic heterocycles. The number of hydrogen-bond donors (Lipinski definition) is 1. The first kappa shape index (κ1) is 22.3. The number of benzene rings is 3. The second kappa shape index (κ2) is 9.33. The van der Waals surface area contributed by atoms with Crippen LogP contribution in [0.15, 0.2) is 91.3 Å². The Bertz CT molecular complexity index is 1250. The van der Waals surface area contributed by atoms with E-state index in [0.29, 0.717) is 23.4 Å². The first-order valence-corrected chi connectivity index (χ1v) is 10.8. The fourth-order valence-corrected chi connectivity index (χ4v) is 4.03. The lowest BCUT2D eigenvalue weighted by Gasteiger charge is -2.32. The predicted molar refractivity (Wildman–Crippen MR) is 131 cm³/mol. The van der Waals surface area contributed by atoms with Gasteiger partial charge in [-0.25, -0.2) is 8.78 Å². The van der Waals surface area contributed by atoms with Gasteiger partial charge >= 0.3 is 0 Å². The molecule has 5 heteroatoms. The Morgan fingerprint density at radius 1 is 1.00 bits per heavy atom. The van der Waals surface area contributed by atoms with Gasteiger partial charge in [0.15, 0.2) is 0 Å². The number of anilines is 2. The lowest BCUT2D eigenvalue weighted by atomic mass is 9.91. The van der Waals surface area contributed by atoms with E-state index in [4.69, 9.17) is 4.74 Å². The first-order valence-electron chi connectivity index (χ1n) is 10.8. The van der Waals surface area contributed by atoms with Crippen molar-refractivity contribution < 1.29 is 13.5 Å². The topological polar surface area (TPSA) is 24.5 Å². The van der Waals surface area contributed by atoms with E-state index in [1.807, 2.05) is 48.5 Å². The molecule has 3 aromatic carbocycles. The molecule has 33 heavy (non-hydrogen) atoms. The van der Waals surface area contributed by atoms with Gasteiger partial charge in [0, 0.05) is 35.3 Å². The third kappa shape index (κ3) is 4.40. The fourth-order valence-electron chi connectivity index (χ4n) is 4.03. The molecule has 0 bridgehead atoms. The molecule has 0 saturated heterocycles. The number of rotatable bonds is 7. The number of hydrogen-bond acceptors (Lipinski definition) is 3. The molecule has 168 valence electrons. The largest absolute Gasteiger partial charge is 0.497 e. The van der Waals surface area contributed by atoms with Gasteiger partial charge in [-0.15, -0.1) is 0 Å². The summed E-state index contributed by atoms with van der Waals surface area (Å²) in [7, 11) is 1.60. The van der Waals surface area contributed by atoms with E-state index in [1.54, 1.807) is 18.2 Å². The van der Waals surface area contributed by atoms with Crippen molar-refractivity contribution in [3.05, 3.63) is 120 Å². The van der Waals surface area contributed by atoms with E-state index in [1.165, 1.54) is 0 Å². The summed E-state index contributed by atoms with van der Waals surface area (Å²) in [4.78, 5) is 1.71. The predicted octanol–water partition coefficient (Wildman–Crippen LogP) is 7.08. The van der Waals surface area contributed by atoms with E-state index in [9.17, 15) is 8.78 Å². The number of allylic oxidation sites excluding steroid dienone is 1. The molecule has 1 aliphatic rings. The minimum atomic E-state index is -0.525. The molecule has 0 radical (unpaired) electrons. The molecule has 0 unspecified atom stereocenters. The molecule has 0 spiro atoms. The maximum atomic E-state index is 14.9. The lowest BCUT2D eigenvalue weighted by molar-refractivity contribution is 0.414. The van der Waals surface area contributed by atoms with Crippen molar-refractivity contribution >= 4 is 16.9 Å². The lowest BCUT2D eigenvalue weighted by Crippen LogP contribution is -2.24. The Kier molecular flexibility index (Phi) is 6.31. The van der Waals surface area contributed by atoms with Gasteiger partial charge < -0.3 is 15.0 Å². The van der Waals surface area contributed by atoms with Crippen LogP contribution in [-0.2, 0) is 13.0 Å². The molecule has 1 N–H and O–H groups in total. The molecule has 0 aliphatic carbocycles. The third-order valence-corrected chi connectivity index (χ3v) is 5.80. The SMILES string of the molecule is C=C(Nc1ccccc1CC)C1=CN(Cc2ccc(OC)cc2)c2c(F)ccc(F)c2C1=C. The van der Waals surface area contributed by atoms with Crippen LogP contribution in [0.2, 0.25) is 0 Å². The number of methoxy groups -OCH3 is 1. The van der Waals surface area contributed by atoms with E-state index in [2.05, 4.69) is 25.4 Å². The number of ether oxygens (including phenoxy) is 1. The molecule has 3 nitrogen and oxygen atoms in total. The molecule has 0 atom stereocenters. The molecule has 1 heterocycles. The number of aryl methyl sites for hydroxylation is 1. The standard InChI is InChI=1S/C28H26F2N2O/c1-5-21-8-6-7-9-26(21)31-19(3)23-17-32(16-20-10-12-22(33-4)13-11-20)28-25(30)15-14-24(29)27(28)18(23)2/h6-15,17,31H,2-3,5,16H2,1,4H3. The van der Waals surface area contributed by atoms with Crippen LogP contribution in [0, 0.1) is 11.6 Å². The van der Waals surface area contributed by atoms with Crippen molar-refractivity contribution in [3.8, 4) is 5.75 Å². The second-order valence-electron chi connectivity index (χ2n) is 7.86. The maximum absolute atomic E-state index is 14.9. The van der Waals surface area contributed by atoms with Crippen LogP contribution < -0.4 is 15.0 Å². The Hall–Kier alpha value is -3.86. The zero-order valence-electron chi connectivity index (χ0n) is 18.8. The highest BCUT2D eigenvalue weighted by Crippen LogP contribution is 2.42. The molecule has 0 amide bonds. The number of halogens is 2. The quantitative estimate of drug-likeness (QED) is 0.421. The van der Waals surface area contributed by atoms with Crippen molar-refractivity contribution in [2.75, 3.05) is 17.3 Å². The summed E-state index contributed by atoms with van der Waals surface area (Å²) in [5.41, 5.74) is 4.86. The van der Waals surface area contributed by atoms with Gasteiger partial charge in [-0.05, 0) is 53.5 Å². The smallest absolute Gasteiger partial charge is 0.147 e. The highest BCUT2D eigenvalue weighted by molar-refractivity contribution is 5.93. The average molecular weight is 445 g/mol. The van der Waals surface area contributed by atoms with Gasteiger partial charge in [0.1, 0.15) is 17.4 Å². The molecular weight excluding hydrogens is 418 g/mol. The van der Waals surface area contributed by atoms with Gasteiger partial charge in [-0.1, -0.05) is 50.4 Å². The van der Waals surface area contributed by atoms with Gasteiger partial charge in [-0.2, -0.15) is 0 Å². The van der Waals surface area contributed by atoms with E-state index < -0.39 is 11.6 Å².